The Morgan fingerprint density at radius 3 is 2.78 bits per heavy atom. The van der Waals surface area contributed by atoms with Gasteiger partial charge in [-0.15, -0.1) is 0 Å². The van der Waals surface area contributed by atoms with Gasteiger partial charge in [0.1, 0.15) is 4.90 Å². The van der Waals surface area contributed by atoms with Crippen molar-refractivity contribution < 1.29 is 18.1 Å². The van der Waals surface area contributed by atoms with Gasteiger partial charge in [-0.1, -0.05) is 12.2 Å². The van der Waals surface area contributed by atoms with Crippen LogP contribution in [-0.4, -0.2) is 49.7 Å². The Morgan fingerprint density at radius 2 is 2.07 bits per heavy atom. The Kier molecular flexibility index (Phi) is 4.70. The third-order valence-corrected chi connectivity index (χ3v) is 7.17. The first-order valence-corrected chi connectivity index (χ1v) is 10.3. The molecule has 10 heteroatoms. The number of fused-ring (bicyclic) bond motifs is 1. The predicted octanol–water partition coefficient (Wildman–Crippen LogP) is 1.98. The van der Waals surface area contributed by atoms with E-state index < -0.39 is 14.9 Å². The molecule has 0 spiro atoms. The smallest absolute Gasteiger partial charge is 0.270 e. The number of hydrazone groups is 1. The molecule has 1 saturated heterocycles. The van der Waals surface area contributed by atoms with Crippen molar-refractivity contribution in [1.82, 2.24) is 4.31 Å². The van der Waals surface area contributed by atoms with Crippen LogP contribution in [0.5, 0.6) is 0 Å². The van der Waals surface area contributed by atoms with E-state index >= 15 is 0 Å². The second kappa shape index (κ2) is 7.02. The van der Waals surface area contributed by atoms with Gasteiger partial charge in [-0.05, 0) is 24.8 Å². The monoisotopic (exact) mass is 392 g/mol. The highest BCUT2D eigenvalue weighted by Gasteiger charge is 2.38. The van der Waals surface area contributed by atoms with Crippen molar-refractivity contribution in [1.29, 1.82) is 0 Å². The van der Waals surface area contributed by atoms with Gasteiger partial charge in [-0.3, -0.25) is 15.5 Å². The number of rotatable bonds is 5. The van der Waals surface area contributed by atoms with E-state index in [4.69, 9.17) is 4.74 Å². The van der Waals surface area contributed by atoms with E-state index in [-0.39, 0.29) is 29.4 Å². The lowest BCUT2D eigenvalue weighted by Gasteiger charge is -2.32. The Balaban J connectivity index is 1.65. The maximum absolute atomic E-state index is 13.0. The van der Waals surface area contributed by atoms with Gasteiger partial charge in [0.05, 0.1) is 23.8 Å². The van der Waals surface area contributed by atoms with Gasteiger partial charge < -0.3 is 4.74 Å². The molecule has 3 aliphatic rings. The summed E-state index contributed by atoms with van der Waals surface area (Å²) in [6.07, 6.45) is 6.19. The predicted molar refractivity (Wildman–Crippen MR) is 99.1 cm³/mol. The molecule has 1 aliphatic heterocycles. The molecule has 0 bridgehead atoms. The van der Waals surface area contributed by atoms with E-state index in [2.05, 4.69) is 22.7 Å². The Hall–Kier alpha value is -2.30. The van der Waals surface area contributed by atoms with E-state index in [1.165, 1.54) is 16.4 Å². The minimum Gasteiger partial charge on any atom is -0.379 e. The van der Waals surface area contributed by atoms with Crippen LogP contribution in [0.1, 0.15) is 12.8 Å². The van der Waals surface area contributed by atoms with Crippen LogP contribution in [0.3, 0.4) is 0 Å². The number of anilines is 1. The van der Waals surface area contributed by atoms with Gasteiger partial charge in [0.25, 0.3) is 5.69 Å². The number of hydrogen-bond donors (Lipinski definition) is 1. The first-order chi connectivity index (χ1) is 13.0. The highest BCUT2D eigenvalue weighted by Crippen LogP contribution is 2.40. The fraction of sp³-hybridized carbons (Fsp3) is 0.471. The number of morpholine rings is 1. The van der Waals surface area contributed by atoms with Crippen LogP contribution in [0, 0.1) is 22.0 Å². The van der Waals surface area contributed by atoms with Crippen LogP contribution >= 0.6 is 0 Å². The van der Waals surface area contributed by atoms with Gasteiger partial charge in [-0.25, -0.2) is 8.42 Å². The lowest BCUT2D eigenvalue weighted by Crippen LogP contribution is -2.40. The molecule has 1 aromatic carbocycles. The number of nitrogens with one attached hydrogen (secondary N) is 1. The van der Waals surface area contributed by atoms with E-state index in [0.717, 1.165) is 24.6 Å². The average Bonchev–Trinajstić information content (AvgIpc) is 3.03. The number of nitro benzene ring substituents is 1. The Bertz CT molecular complexity index is 921. The number of hydrogen-bond acceptors (Lipinski definition) is 7. The Labute approximate surface area is 156 Å². The van der Waals surface area contributed by atoms with Crippen LogP contribution < -0.4 is 5.43 Å². The quantitative estimate of drug-likeness (QED) is 0.466. The molecule has 0 aromatic heterocycles. The zero-order chi connectivity index (χ0) is 19.0. The van der Waals surface area contributed by atoms with Crippen LogP contribution in [0.15, 0.2) is 40.3 Å². The summed E-state index contributed by atoms with van der Waals surface area (Å²) in [4.78, 5) is 10.4. The van der Waals surface area contributed by atoms with Gasteiger partial charge >= 0.3 is 0 Å². The minimum absolute atomic E-state index is 0.138. The van der Waals surface area contributed by atoms with Crippen LogP contribution in [0.4, 0.5) is 11.4 Å². The van der Waals surface area contributed by atoms with E-state index in [1.54, 1.807) is 0 Å². The highest BCUT2D eigenvalue weighted by molar-refractivity contribution is 7.89. The molecule has 144 valence electrons. The first kappa shape index (κ1) is 18.1. The number of sulfonamides is 1. The molecule has 27 heavy (non-hydrogen) atoms. The number of benzene rings is 1. The van der Waals surface area contributed by atoms with Crippen molar-refractivity contribution in [3.63, 3.8) is 0 Å². The maximum Gasteiger partial charge on any atom is 0.270 e. The number of non-ortho nitro benzene ring substituents is 1. The molecule has 1 saturated carbocycles. The lowest BCUT2D eigenvalue weighted by atomic mass is 9.74. The second-order valence-electron chi connectivity index (χ2n) is 6.82. The molecule has 1 aromatic rings. The van der Waals surface area contributed by atoms with Gasteiger partial charge in [-0.2, -0.15) is 9.41 Å². The van der Waals surface area contributed by atoms with Crippen molar-refractivity contribution >= 4 is 27.1 Å². The molecular formula is C17H20N4O5S. The average molecular weight is 392 g/mol. The highest BCUT2D eigenvalue weighted by atomic mass is 32.2. The van der Waals surface area contributed by atoms with Gasteiger partial charge in [0.2, 0.25) is 10.0 Å². The van der Waals surface area contributed by atoms with Gasteiger partial charge in [0.15, 0.2) is 0 Å². The third kappa shape index (κ3) is 3.35. The largest absolute Gasteiger partial charge is 0.379 e. The normalized spacial score (nSPS) is 26.6. The van der Waals surface area contributed by atoms with E-state index in [0.29, 0.717) is 25.0 Å². The lowest BCUT2D eigenvalue weighted by molar-refractivity contribution is -0.385. The molecular weight excluding hydrogens is 372 g/mol. The Morgan fingerprint density at radius 1 is 1.30 bits per heavy atom. The van der Waals surface area contributed by atoms with Gasteiger partial charge in [0, 0.05) is 36.9 Å². The van der Waals surface area contributed by atoms with Crippen molar-refractivity contribution in [2.24, 2.45) is 16.9 Å². The molecule has 4 rings (SSSR count). The number of nitro groups is 1. The van der Waals surface area contributed by atoms with E-state index in [1.807, 2.05) is 0 Å². The molecule has 0 amide bonds. The number of nitrogens with zero attached hydrogens (tertiary/aromatic N) is 3. The first-order valence-electron chi connectivity index (χ1n) is 8.82. The molecule has 0 radical (unpaired) electrons. The summed E-state index contributed by atoms with van der Waals surface area (Å²) >= 11 is 0. The van der Waals surface area contributed by atoms with Crippen molar-refractivity contribution in [2.75, 3.05) is 31.7 Å². The molecule has 2 fully saturated rings. The van der Waals surface area contributed by atoms with E-state index in [9.17, 15) is 18.5 Å². The summed E-state index contributed by atoms with van der Waals surface area (Å²) < 4.78 is 32.6. The van der Waals surface area contributed by atoms with Crippen LogP contribution in [-0.2, 0) is 14.8 Å². The summed E-state index contributed by atoms with van der Waals surface area (Å²) in [5, 5.41) is 15.5. The number of ether oxygens (including phenoxy) is 1. The zero-order valence-electron chi connectivity index (χ0n) is 14.6. The molecule has 9 nitrogen and oxygen atoms in total. The maximum atomic E-state index is 13.0. The SMILES string of the molecule is O=[N+]([O-])c1ccc(N/N=C2/C[C@@H]3CC=C[C@H]23)c(S(=O)(=O)N2CCOCC2)c1. The summed E-state index contributed by atoms with van der Waals surface area (Å²) in [6, 6.07) is 3.77. The fourth-order valence-corrected chi connectivity index (χ4v) is 5.22. The third-order valence-electron chi connectivity index (χ3n) is 5.23. The molecule has 2 aliphatic carbocycles. The fourth-order valence-electron chi connectivity index (χ4n) is 3.65. The van der Waals surface area contributed by atoms with Crippen molar-refractivity contribution in [3.8, 4) is 0 Å². The molecule has 0 unspecified atom stereocenters. The second-order valence-corrected chi connectivity index (χ2v) is 8.73. The van der Waals surface area contributed by atoms with Crippen molar-refractivity contribution in [3.05, 3.63) is 40.5 Å². The minimum atomic E-state index is -3.90. The molecule has 1 heterocycles. The summed E-state index contributed by atoms with van der Waals surface area (Å²) in [5.74, 6) is 0.911. The standard InChI is InChI=1S/C17H20N4O5S/c22-21(23)13-4-5-15(18-19-16-10-12-2-1-3-14(12)16)17(11-13)27(24,25)20-6-8-26-9-7-20/h1,3-5,11-12,14,18H,2,6-10H2/b19-16-/t12-,14-/m0/s1. The van der Waals surface area contributed by atoms with Crippen LogP contribution in [0.25, 0.3) is 0 Å². The number of allylic oxidation sites excluding steroid dienone is 2. The zero-order valence-corrected chi connectivity index (χ0v) is 15.4. The summed E-state index contributed by atoms with van der Waals surface area (Å²) in [6.45, 7) is 1.03. The van der Waals surface area contributed by atoms with Crippen LogP contribution in [0.2, 0.25) is 0 Å². The summed E-state index contributed by atoms with van der Waals surface area (Å²) in [7, 11) is -3.90. The molecule has 2 atom stereocenters. The molecule has 1 N–H and O–H groups in total. The van der Waals surface area contributed by atoms with Crippen molar-refractivity contribution in [2.45, 2.75) is 17.7 Å². The topological polar surface area (TPSA) is 114 Å². The summed E-state index contributed by atoms with van der Waals surface area (Å²) in [5.41, 5.74) is 3.77.